The average molecular weight is 291 g/mol. The lowest BCUT2D eigenvalue weighted by atomic mass is 9.91. The Morgan fingerprint density at radius 2 is 1.68 bits per heavy atom. The highest BCUT2D eigenvalue weighted by Gasteiger charge is 2.15. The maximum absolute atomic E-state index is 5.87. The monoisotopic (exact) mass is 291 g/mol. The summed E-state index contributed by atoms with van der Waals surface area (Å²) in [5, 5.41) is 1.11. The van der Waals surface area contributed by atoms with Gasteiger partial charge in [0.15, 0.2) is 0 Å². The number of aromatic nitrogens is 1. The molecule has 2 nitrogen and oxygen atoms in total. The Balaban J connectivity index is 1.81. The average Bonchev–Trinajstić information content (AvgIpc) is 2.52. The second kappa shape index (κ2) is 5.80. The van der Waals surface area contributed by atoms with Crippen molar-refractivity contribution in [1.82, 2.24) is 4.98 Å². The van der Waals surface area contributed by atoms with E-state index in [9.17, 15) is 0 Å². The Morgan fingerprint density at radius 3 is 2.41 bits per heavy atom. The zero-order valence-corrected chi connectivity index (χ0v) is 13.3. The number of fused-ring (bicyclic) bond motifs is 1. The van der Waals surface area contributed by atoms with E-state index < -0.39 is 0 Å². The molecule has 0 fully saturated rings. The molecule has 0 spiro atoms. The van der Waals surface area contributed by atoms with Crippen molar-refractivity contribution in [2.24, 2.45) is 0 Å². The van der Waals surface area contributed by atoms with Crippen LogP contribution in [0.1, 0.15) is 32.0 Å². The summed E-state index contributed by atoms with van der Waals surface area (Å²) in [5.74, 6) is 0.877. The van der Waals surface area contributed by atoms with Crippen LogP contribution in [-0.4, -0.2) is 4.98 Å². The molecule has 1 aromatic heterocycles. The van der Waals surface area contributed by atoms with Crippen LogP contribution in [0.25, 0.3) is 10.9 Å². The maximum Gasteiger partial charge on any atom is 0.120 e. The van der Waals surface area contributed by atoms with Gasteiger partial charge in [-0.1, -0.05) is 57.2 Å². The van der Waals surface area contributed by atoms with Crippen molar-refractivity contribution in [2.45, 2.75) is 32.8 Å². The fraction of sp³-hybridized carbons (Fsp3) is 0.250. The molecule has 2 heteroatoms. The minimum atomic E-state index is 0.0661. The van der Waals surface area contributed by atoms with Crippen LogP contribution in [0.2, 0.25) is 0 Å². The van der Waals surface area contributed by atoms with Crippen LogP contribution in [0.15, 0.2) is 60.7 Å². The van der Waals surface area contributed by atoms with Gasteiger partial charge in [-0.3, -0.25) is 4.98 Å². The molecule has 0 aliphatic carbocycles. The summed E-state index contributed by atoms with van der Waals surface area (Å²) < 4.78 is 5.87. The highest BCUT2D eigenvalue weighted by atomic mass is 16.5. The molecule has 0 saturated carbocycles. The first-order valence-corrected chi connectivity index (χ1v) is 7.60. The summed E-state index contributed by atoms with van der Waals surface area (Å²) in [6.45, 7) is 7.12. The van der Waals surface area contributed by atoms with Crippen LogP contribution in [0.3, 0.4) is 0 Å². The number of hydrogen-bond acceptors (Lipinski definition) is 2. The molecular formula is C20H21NO. The number of benzene rings is 2. The molecular weight excluding hydrogens is 270 g/mol. The summed E-state index contributed by atoms with van der Waals surface area (Å²) in [6.07, 6.45) is 0. The molecule has 112 valence electrons. The van der Waals surface area contributed by atoms with Gasteiger partial charge >= 0.3 is 0 Å². The summed E-state index contributed by atoms with van der Waals surface area (Å²) in [4.78, 5) is 4.75. The third kappa shape index (κ3) is 3.28. The van der Waals surface area contributed by atoms with E-state index >= 15 is 0 Å². The van der Waals surface area contributed by atoms with E-state index in [1.807, 2.05) is 30.3 Å². The molecule has 0 bridgehead atoms. The van der Waals surface area contributed by atoms with Gasteiger partial charge in [-0.05, 0) is 29.8 Å². The summed E-state index contributed by atoms with van der Waals surface area (Å²) in [5.41, 5.74) is 3.36. The number of pyridine rings is 1. The molecule has 0 amide bonds. The zero-order valence-electron chi connectivity index (χ0n) is 13.3. The Bertz CT molecular complexity index is 773. The number of hydrogen-bond donors (Lipinski definition) is 0. The zero-order chi connectivity index (χ0) is 15.6. The van der Waals surface area contributed by atoms with Gasteiger partial charge in [0.05, 0.1) is 5.52 Å². The van der Waals surface area contributed by atoms with Gasteiger partial charge in [-0.15, -0.1) is 0 Å². The molecule has 0 radical (unpaired) electrons. The topological polar surface area (TPSA) is 22.1 Å². The molecule has 3 rings (SSSR count). The summed E-state index contributed by atoms with van der Waals surface area (Å²) in [6, 6.07) is 20.5. The van der Waals surface area contributed by atoms with Crippen LogP contribution in [-0.2, 0) is 12.0 Å². The second-order valence-corrected chi connectivity index (χ2v) is 6.58. The predicted octanol–water partition coefficient (Wildman–Crippen LogP) is 5.11. The molecule has 0 aliphatic rings. The number of nitrogens with zero attached hydrogens (tertiary/aromatic N) is 1. The highest BCUT2D eigenvalue weighted by molar-refractivity contribution is 5.80. The summed E-state index contributed by atoms with van der Waals surface area (Å²) >= 11 is 0. The Hall–Kier alpha value is -2.35. The van der Waals surface area contributed by atoms with Gasteiger partial charge in [0.2, 0.25) is 0 Å². The van der Waals surface area contributed by atoms with Crippen molar-refractivity contribution in [1.29, 1.82) is 0 Å². The van der Waals surface area contributed by atoms with Gasteiger partial charge in [0.25, 0.3) is 0 Å². The molecule has 1 heterocycles. The van der Waals surface area contributed by atoms with Gasteiger partial charge in [-0.25, -0.2) is 0 Å². The van der Waals surface area contributed by atoms with Gasteiger partial charge in [0, 0.05) is 16.5 Å². The first kappa shape index (κ1) is 14.6. The molecule has 0 aliphatic heterocycles. The Kier molecular flexibility index (Phi) is 3.84. The van der Waals surface area contributed by atoms with E-state index in [0.29, 0.717) is 6.61 Å². The molecule has 3 aromatic rings. The fourth-order valence-electron chi connectivity index (χ4n) is 2.35. The van der Waals surface area contributed by atoms with E-state index in [1.165, 1.54) is 5.56 Å². The molecule has 22 heavy (non-hydrogen) atoms. The van der Waals surface area contributed by atoms with E-state index in [2.05, 4.69) is 51.1 Å². The van der Waals surface area contributed by atoms with Crippen LogP contribution >= 0.6 is 0 Å². The minimum absolute atomic E-state index is 0.0661. The van der Waals surface area contributed by atoms with Crippen LogP contribution in [0.4, 0.5) is 0 Å². The lowest BCUT2D eigenvalue weighted by Gasteiger charge is -2.18. The fourth-order valence-corrected chi connectivity index (χ4v) is 2.35. The van der Waals surface area contributed by atoms with Crippen molar-refractivity contribution in [3.05, 3.63) is 71.9 Å². The maximum atomic E-state index is 5.87. The van der Waals surface area contributed by atoms with Gasteiger partial charge < -0.3 is 4.74 Å². The number of rotatable bonds is 3. The molecule has 2 aromatic carbocycles. The Labute approximate surface area is 131 Å². The molecule has 0 unspecified atom stereocenters. The van der Waals surface area contributed by atoms with Crippen molar-refractivity contribution in [2.75, 3.05) is 0 Å². The van der Waals surface area contributed by atoms with Crippen molar-refractivity contribution in [3.63, 3.8) is 0 Å². The standard InChI is InChI=1S/C20H21NO/c1-20(2,3)19-12-9-16-13-17(10-11-18(16)21-19)22-14-15-7-5-4-6-8-15/h4-13H,14H2,1-3H3. The van der Waals surface area contributed by atoms with E-state index in [1.54, 1.807) is 0 Å². The quantitative estimate of drug-likeness (QED) is 0.669. The van der Waals surface area contributed by atoms with Crippen LogP contribution in [0, 0.1) is 0 Å². The van der Waals surface area contributed by atoms with Crippen molar-refractivity contribution >= 4 is 10.9 Å². The molecule has 0 N–H and O–H groups in total. The van der Waals surface area contributed by atoms with Crippen LogP contribution in [0.5, 0.6) is 5.75 Å². The smallest absolute Gasteiger partial charge is 0.120 e. The first-order valence-electron chi connectivity index (χ1n) is 7.60. The molecule has 0 atom stereocenters. The second-order valence-electron chi connectivity index (χ2n) is 6.58. The normalized spacial score (nSPS) is 11.6. The minimum Gasteiger partial charge on any atom is -0.489 e. The van der Waals surface area contributed by atoms with Crippen molar-refractivity contribution < 1.29 is 4.74 Å². The van der Waals surface area contributed by atoms with E-state index in [0.717, 1.165) is 22.3 Å². The largest absolute Gasteiger partial charge is 0.489 e. The lowest BCUT2D eigenvalue weighted by Crippen LogP contribution is -2.13. The summed E-state index contributed by atoms with van der Waals surface area (Å²) in [7, 11) is 0. The third-order valence-electron chi connectivity index (χ3n) is 3.68. The molecule has 0 saturated heterocycles. The highest BCUT2D eigenvalue weighted by Crippen LogP contribution is 2.25. The van der Waals surface area contributed by atoms with Crippen LogP contribution < -0.4 is 4.74 Å². The van der Waals surface area contributed by atoms with Gasteiger partial charge in [-0.2, -0.15) is 0 Å². The van der Waals surface area contributed by atoms with Gasteiger partial charge in [0.1, 0.15) is 12.4 Å². The lowest BCUT2D eigenvalue weighted by molar-refractivity contribution is 0.306. The van der Waals surface area contributed by atoms with E-state index in [4.69, 9.17) is 9.72 Å². The Morgan fingerprint density at radius 1 is 0.909 bits per heavy atom. The number of ether oxygens (including phenoxy) is 1. The van der Waals surface area contributed by atoms with E-state index in [-0.39, 0.29) is 5.41 Å². The predicted molar refractivity (Wildman–Crippen MR) is 91.2 cm³/mol. The van der Waals surface area contributed by atoms with Crippen molar-refractivity contribution in [3.8, 4) is 5.75 Å². The SMILES string of the molecule is CC(C)(C)c1ccc2cc(OCc3ccccc3)ccc2n1. The third-order valence-corrected chi connectivity index (χ3v) is 3.68. The first-order chi connectivity index (χ1) is 10.5.